The zero-order valence-electron chi connectivity index (χ0n) is 9.40. The maximum atomic E-state index is 6.04. The molecular formula is C13H16Cl2N2. The van der Waals surface area contributed by atoms with Crippen LogP contribution >= 0.6 is 24.0 Å². The Bertz CT molecular complexity index is 437. The number of anilines is 1. The lowest BCUT2D eigenvalue weighted by atomic mass is 9.89. The molecule has 2 nitrogen and oxygen atoms in total. The van der Waals surface area contributed by atoms with Gasteiger partial charge in [-0.1, -0.05) is 30.4 Å². The van der Waals surface area contributed by atoms with Crippen LogP contribution in [0, 0.1) is 0 Å². The molecule has 0 radical (unpaired) electrons. The fraction of sp³-hybridized carbons (Fsp3) is 0.231. The predicted molar refractivity (Wildman–Crippen MR) is 77.5 cm³/mol. The average Bonchev–Trinajstić information content (AvgIpc) is 2.32. The fourth-order valence-corrected chi connectivity index (χ4v) is 1.88. The Morgan fingerprint density at radius 3 is 2.35 bits per heavy atom. The van der Waals surface area contributed by atoms with E-state index in [0.29, 0.717) is 5.88 Å². The Morgan fingerprint density at radius 2 is 1.88 bits per heavy atom. The molecule has 4 N–H and O–H groups in total. The van der Waals surface area contributed by atoms with Gasteiger partial charge in [0.2, 0.25) is 0 Å². The number of rotatable bonds is 2. The normalized spacial score (nSPS) is 22.8. The fourth-order valence-electron chi connectivity index (χ4n) is 1.68. The van der Waals surface area contributed by atoms with Gasteiger partial charge in [0.1, 0.15) is 0 Å². The van der Waals surface area contributed by atoms with Crippen molar-refractivity contribution in [1.82, 2.24) is 0 Å². The lowest BCUT2D eigenvalue weighted by Crippen LogP contribution is -2.40. The number of alkyl halides is 1. The highest BCUT2D eigenvalue weighted by atomic mass is 35.5. The molecular weight excluding hydrogens is 255 g/mol. The molecule has 0 bridgehead atoms. The standard InChI is InChI=1S/C13H15ClN2.ClH/c14-9-13(16)7-5-11(6-8-13)10-1-3-12(15)4-2-10;/h1-7H,8-9,15-16H2;1H. The first kappa shape index (κ1) is 14.1. The van der Waals surface area contributed by atoms with E-state index in [2.05, 4.69) is 6.08 Å². The Labute approximate surface area is 113 Å². The van der Waals surface area contributed by atoms with E-state index in [1.165, 1.54) is 5.57 Å². The summed E-state index contributed by atoms with van der Waals surface area (Å²) in [7, 11) is 0. The molecule has 92 valence electrons. The third-order valence-corrected chi connectivity index (χ3v) is 3.29. The minimum Gasteiger partial charge on any atom is -0.399 e. The van der Waals surface area contributed by atoms with Gasteiger partial charge in [-0.3, -0.25) is 0 Å². The highest BCUT2D eigenvalue weighted by Crippen LogP contribution is 2.26. The molecule has 1 aromatic rings. The molecule has 0 amide bonds. The molecule has 4 heteroatoms. The lowest BCUT2D eigenvalue weighted by molar-refractivity contribution is 0.598. The SMILES string of the molecule is Cl.Nc1ccc(C2=CCC(N)(CCl)C=C2)cc1. The highest BCUT2D eigenvalue weighted by molar-refractivity contribution is 6.18. The minimum absolute atomic E-state index is 0. The zero-order chi connectivity index (χ0) is 11.6. The number of nitrogen functional groups attached to an aromatic ring is 1. The maximum Gasteiger partial charge on any atom is 0.0515 e. The van der Waals surface area contributed by atoms with Crippen LogP contribution in [0.25, 0.3) is 5.57 Å². The number of nitrogens with two attached hydrogens (primary N) is 2. The summed E-state index contributed by atoms with van der Waals surface area (Å²) in [6, 6.07) is 7.82. The summed E-state index contributed by atoms with van der Waals surface area (Å²) in [5.74, 6) is 0.440. The van der Waals surface area contributed by atoms with Gasteiger partial charge in [0.25, 0.3) is 0 Å². The van der Waals surface area contributed by atoms with Gasteiger partial charge in [0.05, 0.1) is 5.54 Å². The van der Waals surface area contributed by atoms with Crippen LogP contribution in [0.5, 0.6) is 0 Å². The topological polar surface area (TPSA) is 52.0 Å². The second-order valence-electron chi connectivity index (χ2n) is 4.19. The van der Waals surface area contributed by atoms with E-state index in [4.69, 9.17) is 23.1 Å². The largest absolute Gasteiger partial charge is 0.399 e. The zero-order valence-corrected chi connectivity index (χ0v) is 11.0. The van der Waals surface area contributed by atoms with Gasteiger partial charge >= 0.3 is 0 Å². The molecule has 0 spiro atoms. The summed E-state index contributed by atoms with van der Waals surface area (Å²) >= 11 is 5.81. The van der Waals surface area contributed by atoms with E-state index in [-0.39, 0.29) is 12.4 Å². The van der Waals surface area contributed by atoms with Gasteiger partial charge in [0.15, 0.2) is 0 Å². The van der Waals surface area contributed by atoms with Crippen LogP contribution in [-0.2, 0) is 0 Å². The van der Waals surface area contributed by atoms with Crippen molar-refractivity contribution in [2.24, 2.45) is 5.73 Å². The van der Waals surface area contributed by atoms with Gasteiger partial charge in [0, 0.05) is 11.6 Å². The molecule has 0 aliphatic heterocycles. The van der Waals surface area contributed by atoms with Crippen molar-refractivity contribution in [3.63, 3.8) is 0 Å². The Morgan fingerprint density at radius 1 is 1.24 bits per heavy atom. The smallest absolute Gasteiger partial charge is 0.0515 e. The third-order valence-electron chi connectivity index (χ3n) is 2.79. The Hall–Kier alpha value is -0.960. The second kappa shape index (κ2) is 5.58. The monoisotopic (exact) mass is 270 g/mol. The quantitative estimate of drug-likeness (QED) is 0.641. The second-order valence-corrected chi connectivity index (χ2v) is 4.45. The van der Waals surface area contributed by atoms with E-state index < -0.39 is 5.54 Å². The molecule has 0 fully saturated rings. The van der Waals surface area contributed by atoms with Gasteiger partial charge in [-0.05, 0) is 29.7 Å². The Balaban J connectivity index is 0.00000144. The molecule has 17 heavy (non-hydrogen) atoms. The van der Waals surface area contributed by atoms with Crippen LogP contribution in [0.4, 0.5) is 5.69 Å². The van der Waals surface area contributed by atoms with Crippen LogP contribution in [0.1, 0.15) is 12.0 Å². The number of allylic oxidation sites excluding steroid dienone is 2. The molecule has 0 saturated carbocycles. The highest BCUT2D eigenvalue weighted by Gasteiger charge is 2.21. The van der Waals surface area contributed by atoms with E-state index in [1.54, 1.807) is 0 Å². The molecule has 2 rings (SSSR count). The van der Waals surface area contributed by atoms with E-state index in [9.17, 15) is 0 Å². The Kier molecular flexibility index (Phi) is 4.63. The number of hydrogen-bond donors (Lipinski definition) is 2. The van der Waals surface area contributed by atoms with Crippen molar-refractivity contribution in [1.29, 1.82) is 0 Å². The van der Waals surface area contributed by atoms with Gasteiger partial charge < -0.3 is 11.5 Å². The number of halogens is 2. The molecule has 0 saturated heterocycles. The summed E-state index contributed by atoms with van der Waals surface area (Å²) < 4.78 is 0. The summed E-state index contributed by atoms with van der Waals surface area (Å²) in [4.78, 5) is 0. The first-order chi connectivity index (χ1) is 7.63. The summed E-state index contributed by atoms with van der Waals surface area (Å²) in [6.07, 6.45) is 6.89. The van der Waals surface area contributed by atoms with E-state index in [0.717, 1.165) is 17.7 Å². The molecule has 1 unspecified atom stereocenters. The van der Waals surface area contributed by atoms with Crippen molar-refractivity contribution >= 4 is 35.3 Å². The first-order valence-electron chi connectivity index (χ1n) is 5.23. The van der Waals surface area contributed by atoms with Crippen LogP contribution in [0.2, 0.25) is 0 Å². The van der Waals surface area contributed by atoms with Gasteiger partial charge in [-0.25, -0.2) is 0 Å². The van der Waals surface area contributed by atoms with Crippen LogP contribution in [0.3, 0.4) is 0 Å². The van der Waals surface area contributed by atoms with Crippen LogP contribution in [-0.4, -0.2) is 11.4 Å². The summed E-state index contributed by atoms with van der Waals surface area (Å²) in [6.45, 7) is 0. The molecule has 1 aromatic carbocycles. The minimum atomic E-state index is -0.390. The average molecular weight is 271 g/mol. The van der Waals surface area contributed by atoms with Crippen molar-refractivity contribution in [3.8, 4) is 0 Å². The van der Waals surface area contributed by atoms with Crippen molar-refractivity contribution in [3.05, 3.63) is 48.1 Å². The molecule has 0 aromatic heterocycles. The van der Waals surface area contributed by atoms with Crippen molar-refractivity contribution in [2.75, 3.05) is 11.6 Å². The third kappa shape index (κ3) is 3.25. The van der Waals surface area contributed by atoms with Gasteiger partial charge in [-0.2, -0.15) is 0 Å². The van der Waals surface area contributed by atoms with Crippen molar-refractivity contribution < 1.29 is 0 Å². The van der Waals surface area contributed by atoms with E-state index in [1.807, 2.05) is 36.4 Å². The number of hydrogen-bond acceptors (Lipinski definition) is 2. The summed E-state index contributed by atoms with van der Waals surface area (Å²) in [5.41, 5.74) is 14.4. The van der Waals surface area contributed by atoms with Crippen LogP contribution in [0.15, 0.2) is 42.5 Å². The van der Waals surface area contributed by atoms with E-state index >= 15 is 0 Å². The predicted octanol–water partition coefficient (Wildman–Crippen LogP) is 2.97. The maximum absolute atomic E-state index is 6.04. The summed E-state index contributed by atoms with van der Waals surface area (Å²) in [5, 5.41) is 0. The van der Waals surface area contributed by atoms with Crippen LogP contribution < -0.4 is 11.5 Å². The molecule has 1 aliphatic rings. The molecule has 0 heterocycles. The lowest BCUT2D eigenvalue weighted by Gasteiger charge is -2.25. The van der Waals surface area contributed by atoms with Crippen molar-refractivity contribution in [2.45, 2.75) is 12.0 Å². The first-order valence-corrected chi connectivity index (χ1v) is 5.77. The number of benzene rings is 1. The molecule has 1 aliphatic carbocycles. The van der Waals surface area contributed by atoms with Gasteiger partial charge in [-0.15, -0.1) is 24.0 Å². The molecule has 1 atom stereocenters.